The molecule has 0 aliphatic rings. The minimum atomic E-state index is 0.593. The Kier molecular flexibility index (Phi) is 6.43. The van der Waals surface area contributed by atoms with Crippen LogP contribution in [-0.2, 0) is 0 Å². The number of benzene rings is 7. The van der Waals surface area contributed by atoms with E-state index in [1.54, 1.807) is 0 Å². The van der Waals surface area contributed by atoms with Crippen LogP contribution in [0, 0.1) is 0 Å². The van der Waals surface area contributed by atoms with Crippen LogP contribution in [0.5, 0.6) is 0 Å². The van der Waals surface area contributed by atoms with Crippen molar-refractivity contribution in [1.29, 1.82) is 0 Å². The normalized spacial score (nSPS) is 11.4. The summed E-state index contributed by atoms with van der Waals surface area (Å²) < 4.78 is 6.22. The van der Waals surface area contributed by atoms with Crippen molar-refractivity contribution in [2.24, 2.45) is 0 Å². The quantitative estimate of drug-likeness (QED) is 0.197. The molecule has 0 fully saturated rings. The molecule has 9 rings (SSSR count). The van der Waals surface area contributed by atoms with E-state index >= 15 is 0 Å². The molecule has 7 aromatic carbocycles. The summed E-state index contributed by atoms with van der Waals surface area (Å²) >= 11 is 0. The molecule has 0 N–H and O–H groups in total. The van der Waals surface area contributed by atoms with Crippen LogP contribution < -0.4 is 0 Å². The average molecular weight is 602 g/mol. The van der Waals surface area contributed by atoms with Crippen molar-refractivity contribution in [3.8, 4) is 56.4 Å². The van der Waals surface area contributed by atoms with E-state index in [4.69, 9.17) is 19.4 Å². The zero-order valence-electron chi connectivity index (χ0n) is 25.3. The molecule has 0 aliphatic carbocycles. The van der Waals surface area contributed by atoms with Crippen LogP contribution in [0.1, 0.15) is 0 Å². The van der Waals surface area contributed by atoms with Gasteiger partial charge in [-0.25, -0.2) is 15.0 Å². The lowest BCUT2D eigenvalue weighted by Crippen LogP contribution is -2.00. The van der Waals surface area contributed by atoms with E-state index in [0.717, 1.165) is 55.3 Å². The Morgan fingerprint density at radius 2 is 0.872 bits per heavy atom. The zero-order chi connectivity index (χ0) is 31.2. The summed E-state index contributed by atoms with van der Waals surface area (Å²) in [6.07, 6.45) is 0. The maximum atomic E-state index is 6.22. The molecule has 0 saturated heterocycles. The van der Waals surface area contributed by atoms with Crippen molar-refractivity contribution in [1.82, 2.24) is 15.0 Å². The monoisotopic (exact) mass is 601 g/mol. The molecule has 0 amide bonds. The minimum absolute atomic E-state index is 0.593. The Balaban J connectivity index is 1.18. The van der Waals surface area contributed by atoms with E-state index in [2.05, 4.69) is 133 Å². The van der Waals surface area contributed by atoms with E-state index in [9.17, 15) is 0 Å². The number of nitrogens with zero attached hydrogens (tertiary/aromatic N) is 3. The first kappa shape index (κ1) is 27.0. The predicted octanol–water partition coefficient (Wildman–Crippen LogP) is 11.3. The number of fused-ring (bicyclic) bond motifs is 4. The second-order valence-electron chi connectivity index (χ2n) is 11.7. The summed E-state index contributed by atoms with van der Waals surface area (Å²) in [5.41, 5.74) is 8.97. The van der Waals surface area contributed by atoms with Crippen molar-refractivity contribution < 1.29 is 4.42 Å². The molecule has 2 aromatic heterocycles. The fourth-order valence-electron chi connectivity index (χ4n) is 6.37. The Bertz CT molecular complexity index is 2560. The van der Waals surface area contributed by atoms with Gasteiger partial charge in [0.25, 0.3) is 0 Å². The number of para-hydroxylation sites is 1. The standard InChI is InChI=1S/C43H27N3O/c1-2-10-28(11-3-1)32-14-8-15-33(26-32)42-44-41(31-22-20-30(21-23-31)36-18-9-13-29-12-4-5-16-35(29)36)45-43(46-42)34-24-25-38-37-17-6-7-19-39(37)47-40(38)27-34/h1-27H. The van der Waals surface area contributed by atoms with Gasteiger partial charge in [0.1, 0.15) is 11.2 Å². The van der Waals surface area contributed by atoms with Gasteiger partial charge in [0, 0.05) is 27.5 Å². The van der Waals surface area contributed by atoms with E-state index in [1.807, 2.05) is 30.3 Å². The molecule has 0 atom stereocenters. The lowest BCUT2D eigenvalue weighted by Gasteiger charge is -2.11. The summed E-state index contributed by atoms with van der Waals surface area (Å²) in [5, 5.41) is 4.61. The third-order valence-electron chi connectivity index (χ3n) is 8.74. The summed E-state index contributed by atoms with van der Waals surface area (Å²) in [4.78, 5) is 15.1. The van der Waals surface area contributed by atoms with Gasteiger partial charge in [-0.3, -0.25) is 0 Å². The Hall–Kier alpha value is -6.39. The molecular formula is C43H27N3O. The third-order valence-corrected chi connectivity index (χ3v) is 8.74. The maximum absolute atomic E-state index is 6.22. The lowest BCUT2D eigenvalue weighted by atomic mass is 9.97. The Morgan fingerprint density at radius 3 is 1.70 bits per heavy atom. The fraction of sp³-hybridized carbons (Fsp3) is 0. The number of hydrogen-bond acceptors (Lipinski definition) is 4. The SMILES string of the molecule is c1ccc(-c2cccc(-c3nc(-c4ccc(-c5cccc6ccccc56)cc4)nc(-c4ccc5c(c4)oc4ccccc45)n3)c2)cc1. The summed E-state index contributed by atoms with van der Waals surface area (Å²) in [7, 11) is 0. The van der Waals surface area contributed by atoms with Crippen molar-refractivity contribution in [2.75, 3.05) is 0 Å². The summed E-state index contributed by atoms with van der Waals surface area (Å²) in [6.45, 7) is 0. The second kappa shape index (κ2) is 11.2. The van der Waals surface area contributed by atoms with Crippen LogP contribution in [-0.4, -0.2) is 15.0 Å². The molecule has 0 radical (unpaired) electrons. The molecule has 0 spiro atoms. The molecule has 0 aliphatic heterocycles. The molecule has 47 heavy (non-hydrogen) atoms. The fourth-order valence-corrected chi connectivity index (χ4v) is 6.37. The maximum Gasteiger partial charge on any atom is 0.164 e. The van der Waals surface area contributed by atoms with Gasteiger partial charge in [-0.1, -0.05) is 140 Å². The van der Waals surface area contributed by atoms with Gasteiger partial charge in [-0.15, -0.1) is 0 Å². The van der Waals surface area contributed by atoms with Gasteiger partial charge in [0.05, 0.1) is 0 Å². The van der Waals surface area contributed by atoms with Crippen molar-refractivity contribution >= 4 is 32.7 Å². The second-order valence-corrected chi connectivity index (χ2v) is 11.7. The number of rotatable bonds is 5. The van der Waals surface area contributed by atoms with Crippen LogP contribution in [0.3, 0.4) is 0 Å². The predicted molar refractivity (Wildman–Crippen MR) is 192 cm³/mol. The molecule has 0 bridgehead atoms. The van der Waals surface area contributed by atoms with Gasteiger partial charge < -0.3 is 4.42 Å². The molecule has 4 nitrogen and oxygen atoms in total. The van der Waals surface area contributed by atoms with Gasteiger partial charge in [-0.2, -0.15) is 0 Å². The highest BCUT2D eigenvalue weighted by molar-refractivity contribution is 6.05. The molecule has 9 aromatic rings. The Morgan fingerprint density at radius 1 is 0.319 bits per heavy atom. The molecule has 2 heterocycles. The molecule has 0 saturated carbocycles. The molecular weight excluding hydrogens is 574 g/mol. The third kappa shape index (κ3) is 4.93. The van der Waals surface area contributed by atoms with Crippen LogP contribution in [0.4, 0.5) is 0 Å². The van der Waals surface area contributed by atoms with Gasteiger partial charge in [-0.05, 0) is 57.3 Å². The van der Waals surface area contributed by atoms with Crippen LogP contribution in [0.25, 0.3) is 89.1 Å². The van der Waals surface area contributed by atoms with Crippen molar-refractivity contribution in [3.05, 3.63) is 164 Å². The van der Waals surface area contributed by atoms with Crippen LogP contribution in [0.15, 0.2) is 168 Å². The first-order chi connectivity index (χ1) is 23.3. The zero-order valence-corrected chi connectivity index (χ0v) is 25.3. The first-order valence-corrected chi connectivity index (χ1v) is 15.7. The highest BCUT2D eigenvalue weighted by Gasteiger charge is 2.15. The van der Waals surface area contributed by atoms with Gasteiger partial charge >= 0.3 is 0 Å². The Labute approximate surface area is 271 Å². The highest BCUT2D eigenvalue weighted by Crippen LogP contribution is 2.34. The highest BCUT2D eigenvalue weighted by atomic mass is 16.3. The van der Waals surface area contributed by atoms with E-state index < -0.39 is 0 Å². The van der Waals surface area contributed by atoms with E-state index in [1.165, 1.54) is 16.3 Å². The van der Waals surface area contributed by atoms with Crippen molar-refractivity contribution in [2.45, 2.75) is 0 Å². The van der Waals surface area contributed by atoms with Gasteiger partial charge in [0.2, 0.25) is 0 Å². The van der Waals surface area contributed by atoms with Crippen LogP contribution in [0.2, 0.25) is 0 Å². The van der Waals surface area contributed by atoms with Crippen molar-refractivity contribution in [3.63, 3.8) is 0 Å². The molecule has 4 heteroatoms. The largest absolute Gasteiger partial charge is 0.456 e. The lowest BCUT2D eigenvalue weighted by molar-refractivity contribution is 0.669. The topological polar surface area (TPSA) is 51.8 Å². The minimum Gasteiger partial charge on any atom is -0.456 e. The number of hydrogen-bond donors (Lipinski definition) is 0. The average Bonchev–Trinajstić information content (AvgIpc) is 3.53. The first-order valence-electron chi connectivity index (χ1n) is 15.7. The van der Waals surface area contributed by atoms with E-state index in [0.29, 0.717) is 17.5 Å². The number of furan rings is 1. The van der Waals surface area contributed by atoms with Crippen LogP contribution >= 0.6 is 0 Å². The van der Waals surface area contributed by atoms with Gasteiger partial charge in [0.15, 0.2) is 17.5 Å². The summed E-state index contributed by atoms with van der Waals surface area (Å²) in [5.74, 6) is 1.82. The number of aromatic nitrogens is 3. The summed E-state index contributed by atoms with van der Waals surface area (Å²) in [6, 6.07) is 56.4. The smallest absolute Gasteiger partial charge is 0.164 e. The molecule has 220 valence electrons. The van der Waals surface area contributed by atoms with E-state index in [-0.39, 0.29) is 0 Å². The molecule has 0 unspecified atom stereocenters.